The lowest BCUT2D eigenvalue weighted by molar-refractivity contribution is -0.152. The van der Waals surface area contributed by atoms with Gasteiger partial charge in [-0.25, -0.2) is 4.79 Å². The molecule has 1 aromatic rings. The lowest BCUT2D eigenvalue weighted by Crippen LogP contribution is -2.57. The van der Waals surface area contributed by atoms with Crippen molar-refractivity contribution in [2.24, 2.45) is 0 Å². The van der Waals surface area contributed by atoms with Crippen molar-refractivity contribution in [2.45, 2.75) is 37.8 Å². The topological polar surface area (TPSA) is 84.9 Å². The Morgan fingerprint density at radius 2 is 1.91 bits per heavy atom. The SMILES string of the molecule is O=C(CCCOCc1ccccc1)NC1(C(=O)O)CCOCC1. The smallest absolute Gasteiger partial charge is 0.329 e. The summed E-state index contributed by atoms with van der Waals surface area (Å²) in [6, 6.07) is 9.81. The van der Waals surface area contributed by atoms with E-state index in [0.717, 1.165) is 5.56 Å². The summed E-state index contributed by atoms with van der Waals surface area (Å²) in [6.45, 7) is 1.68. The molecular formula is C17H23NO5. The summed E-state index contributed by atoms with van der Waals surface area (Å²) in [4.78, 5) is 23.4. The Hall–Kier alpha value is -1.92. The Morgan fingerprint density at radius 3 is 2.57 bits per heavy atom. The number of ether oxygens (including phenoxy) is 2. The van der Waals surface area contributed by atoms with Crippen molar-refractivity contribution in [3.05, 3.63) is 35.9 Å². The highest BCUT2D eigenvalue weighted by molar-refractivity contribution is 5.87. The minimum Gasteiger partial charge on any atom is -0.480 e. The number of rotatable bonds is 8. The van der Waals surface area contributed by atoms with E-state index >= 15 is 0 Å². The van der Waals surface area contributed by atoms with Crippen LogP contribution in [0.5, 0.6) is 0 Å². The van der Waals surface area contributed by atoms with Gasteiger partial charge in [0.15, 0.2) is 0 Å². The highest BCUT2D eigenvalue weighted by Crippen LogP contribution is 2.21. The summed E-state index contributed by atoms with van der Waals surface area (Å²) in [5.74, 6) is -1.24. The Morgan fingerprint density at radius 1 is 1.22 bits per heavy atom. The number of aliphatic carboxylic acids is 1. The summed E-state index contributed by atoms with van der Waals surface area (Å²) in [6.07, 6.45) is 1.42. The summed E-state index contributed by atoms with van der Waals surface area (Å²) in [7, 11) is 0. The highest BCUT2D eigenvalue weighted by Gasteiger charge is 2.41. The third-order valence-corrected chi connectivity index (χ3v) is 3.94. The van der Waals surface area contributed by atoms with E-state index in [1.54, 1.807) is 0 Å². The molecule has 1 aliphatic heterocycles. The van der Waals surface area contributed by atoms with Gasteiger partial charge in [0.25, 0.3) is 0 Å². The van der Waals surface area contributed by atoms with Crippen molar-refractivity contribution < 1.29 is 24.2 Å². The van der Waals surface area contributed by atoms with Gasteiger partial charge in [0.05, 0.1) is 6.61 Å². The zero-order chi connectivity index (χ0) is 16.5. The number of carboxylic acid groups (broad SMARTS) is 1. The van der Waals surface area contributed by atoms with Crippen molar-refractivity contribution in [2.75, 3.05) is 19.8 Å². The van der Waals surface area contributed by atoms with Crippen LogP contribution in [0.3, 0.4) is 0 Å². The molecular weight excluding hydrogens is 298 g/mol. The monoisotopic (exact) mass is 321 g/mol. The van der Waals surface area contributed by atoms with Crippen LogP contribution in [-0.2, 0) is 25.7 Å². The largest absolute Gasteiger partial charge is 0.480 e. The van der Waals surface area contributed by atoms with Gasteiger partial charge in [0, 0.05) is 39.1 Å². The number of carbonyl (C=O) groups excluding carboxylic acids is 1. The van der Waals surface area contributed by atoms with Gasteiger partial charge in [-0.05, 0) is 12.0 Å². The number of carboxylic acids is 1. The van der Waals surface area contributed by atoms with Gasteiger partial charge in [0.1, 0.15) is 5.54 Å². The molecule has 1 fully saturated rings. The molecule has 0 aromatic heterocycles. The van der Waals surface area contributed by atoms with Gasteiger partial charge in [-0.15, -0.1) is 0 Å². The zero-order valence-electron chi connectivity index (χ0n) is 13.1. The lowest BCUT2D eigenvalue weighted by atomic mass is 9.90. The molecule has 126 valence electrons. The minimum absolute atomic E-state index is 0.252. The van der Waals surface area contributed by atoms with E-state index in [1.807, 2.05) is 30.3 Å². The lowest BCUT2D eigenvalue weighted by Gasteiger charge is -2.33. The van der Waals surface area contributed by atoms with Crippen LogP contribution < -0.4 is 5.32 Å². The molecule has 23 heavy (non-hydrogen) atoms. The Labute approximate surface area is 135 Å². The number of carbonyl (C=O) groups is 2. The maximum atomic E-state index is 12.0. The maximum Gasteiger partial charge on any atom is 0.329 e. The van der Waals surface area contributed by atoms with Crippen LogP contribution in [0.25, 0.3) is 0 Å². The second-order valence-corrected chi connectivity index (χ2v) is 5.69. The Bertz CT molecular complexity index is 511. The summed E-state index contributed by atoms with van der Waals surface area (Å²) in [5.41, 5.74) is -0.0933. The van der Waals surface area contributed by atoms with Crippen molar-refractivity contribution in [3.8, 4) is 0 Å². The van der Waals surface area contributed by atoms with Crippen molar-refractivity contribution in [1.82, 2.24) is 5.32 Å². The van der Waals surface area contributed by atoms with Crippen molar-refractivity contribution in [3.63, 3.8) is 0 Å². The van der Waals surface area contributed by atoms with Crippen molar-refractivity contribution in [1.29, 1.82) is 0 Å². The predicted molar refractivity (Wildman–Crippen MR) is 83.9 cm³/mol. The Kier molecular flexibility index (Phi) is 6.55. The third kappa shape index (κ3) is 5.33. The van der Waals surface area contributed by atoms with E-state index in [2.05, 4.69) is 5.32 Å². The Balaban J connectivity index is 1.67. The second kappa shape index (κ2) is 8.64. The van der Waals surface area contributed by atoms with Gasteiger partial charge in [0.2, 0.25) is 5.91 Å². The van der Waals surface area contributed by atoms with Crippen molar-refractivity contribution >= 4 is 11.9 Å². The fraction of sp³-hybridized carbons (Fsp3) is 0.529. The maximum absolute atomic E-state index is 12.0. The van der Waals surface area contributed by atoms with Gasteiger partial charge in [-0.3, -0.25) is 4.79 Å². The molecule has 2 rings (SSSR count). The van der Waals surface area contributed by atoms with E-state index in [-0.39, 0.29) is 12.3 Å². The minimum atomic E-state index is -1.18. The molecule has 0 radical (unpaired) electrons. The van der Waals surface area contributed by atoms with Crippen LogP contribution in [0, 0.1) is 0 Å². The third-order valence-electron chi connectivity index (χ3n) is 3.94. The van der Waals surface area contributed by atoms with Gasteiger partial charge in [-0.1, -0.05) is 30.3 Å². The first-order chi connectivity index (χ1) is 11.1. The quantitative estimate of drug-likeness (QED) is 0.712. The predicted octanol–water partition coefficient (Wildman–Crippen LogP) is 1.73. The fourth-order valence-electron chi connectivity index (χ4n) is 2.54. The van der Waals surface area contributed by atoms with Crippen LogP contribution in [-0.4, -0.2) is 42.3 Å². The molecule has 1 aromatic carbocycles. The number of amides is 1. The van der Waals surface area contributed by atoms with Crippen LogP contribution >= 0.6 is 0 Å². The molecule has 0 bridgehead atoms. The van der Waals surface area contributed by atoms with Crippen LogP contribution in [0.15, 0.2) is 30.3 Å². The standard InChI is InChI=1S/C17H23NO5/c19-15(18-17(16(20)21)8-11-22-12-9-17)7-4-10-23-13-14-5-2-1-3-6-14/h1-3,5-6H,4,7-13H2,(H,18,19)(H,20,21). The molecule has 1 aliphatic rings. The molecule has 6 nitrogen and oxygen atoms in total. The van der Waals surface area contributed by atoms with Crippen LogP contribution in [0.2, 0.25) is 0 Å². The summed E-state index contributed by atoms with van der Waals surface area (Å²) in [5, 5.41) is 12.0. The fourth-order valence-corrected chi connectivity index (χ4v) is 2.54. The molecule has 2 N–H and O–H groups in total. The molecule has 1 heterocycles. The zero-order valence-corrected chi connectivity index (χ0v) is 13.1. The summed E-state index contributed by atoms with van der Waals surface area (Å²) >= 11 is 0. The average molecular weight is 321 g/mol. The van der Waals surface area contributed by atoms with Gasteiger partial charge >= 0.3 is 5.97 Å². The molecule has 0 aliphatic carbocycles. The molecule has 0 saturated carbocycles. The first-order valence-electron chi connectivity index (χ1n) is 7.86. The number of nitrogens with one attached hydrogen (secondary N) is 1. The van der Waals surface area contributed by atoms with Crippen LogP contribution in [0.1, 0.15) is 31.2 Å². The number of benzene rings is 1. The van der Waals surface area contributed by atoms with E-state index in [0.29, 0.717) is 45.7 Å². The van der Waals surface area contributed by atoms with Crippen LogP contribution in [0.4, 0.5) is 0 Å². The van der Waals surface area contributed by atoms with Gasteiger partial charge in [-0.2, -0.15) is 0 Å². The molecule has 0 atom stereocenters. The molecule has 1 saturated heterocycles. The molecule has 0 unspecified atom stereocenters. The highest BCUT2D eigenvalue weighted by atomic mass is 16.5. The number of hydrogen-bond donors (Lipinski definition) is 2. The summed E-state index contributed by atoms with van der Waals surface area (Å²) < 4.78 is 10.7. The number of hydrogen-bond acceptors (Lipinski definition) is 4. The molecule has 1 amide bonds. The average Bonchev–Trinajstić information content (AvgIpc) is 2.56. The molecule has 6 heteroatoms. The van der Waals surface area contributed by atoms with E-state index in [9.17, 15) is 14.7 Å². The molecule has 0 spiro atoms. The van der Waals surface area contributed by atoms with Gasteiger partial charge < -0.3 is 19.9 Å². The van der Waals surface area contributed by atoms with E-state index < -0.39 is 11.5 Å². The second-order valence-electron chi connectivity index (χ2n) is 5.69. The first kappa shape index (κ1) is 17.4. The van der Waals surface area contributed by atoms with E-state index in [4.69, 9.17) is 9.47 Å². The first-order valence-corrected chi connectivity index (χ1v) is 7.86. The normalized spacial score (nSPS) is 16.7. The van der Waals surface area contributed by atoms with E-state index in [1.165, 1.54) is 0 Å².